The zero-order valence-electron chi connectivity index (χ0n) is 7.75. The van der Waals surface area contributed by atoms with Gasteiger partial charge in [0.1, 0.15) is 0 Å². The molecule has 2 N–H and O–H groups in total. The van der Waals surface area contributed by atoms with Crippen molar-refractivity contribution in [2.45, 2.75) is 6.42 Å². The monoisotopic (exact) mass is 204 g/mol. The van der Waals surface area contributed by atoms with E-state index in [1.807, 2.05) is 0 Å². The van der Waals surface area contributed by atoms with Gasteiger partial charge in [-0.25, -0.2) is 4.98 Å². The molecule has 0 spiro atoms. The van der Waals surface area contributed by atoms with Gasteiger partial charge in [0.15, 0.2) is 5.65 Å². The highest BCUT2D eigenvalue weighted by Gasteiger charge is 2.06. The molecule has 0 fully saturated rings. The summed E-state index contributed by atoms with van der Waals surface area (Å²) >= 11 is 0. The van der Waals surface area contributed by atoms with Crippen LogP contribution in [0.4, 0.5) is 0 Å². The molecule has 0 saturated heterocycles. The van der Waals surface area contributed by atoms with E-state index in [0.29, 0.717) is 5.65 Å². The third-order valence-corrected chi connectivity index (χ3v) is 1.95. The number of primary amides is 1. The first-order chi connectivity index (χ1) is 7.18. The van der Waals surface area contributed by atoms with Crippen molar-refractivity contribution in [2.75, 3.05) is 0 Å². The molecule has 0 atom stereocenters. The minimum Gasteiger partial charge on any atom is -0.369 e. The fourth-order valence-electron chi connectivity index (χ4n) is 1.28. The summed E-state index contributed by atoms with van der Waals surface area (Å²) in [5.41, 5.74) is 5.44. The summed E-state index contributed by atoms with van der Waals surface area (Å²) in [7, 11) is 0. The first-order valence-electron chi connectivity index (χ1n) is 4.27. The van der Waals surface area contributed by atoms with E-state index in [0.717, 1.165) is 0 Å². The summed E-state index contributed by atoms with van der Waals surface area (Å²) in [5, 5.41) is 0. The standard InChI is InChI=1S/C9H8N4O2/c10-7(14)3-6-4-12-8-5-11-1-2-13(8)9(6)15/h1-2,4-5H,3H2,(H2,10,14). The maximum absolute atomic E-state index is 11.8. The number of amides is 1. The van der Waals surface area contributed by atoms with Crippen molar-refractivity contribution in [2.24, 2.45) is 5.73 Å². The number of nitrogens with zero attached hydrogens (tertiary/aromatic N) is 3. The van der Waals surface area contributed by atoms with Gasteiger partial charge in [-0.2, -0.15) is 0 Å². The lowest BCUT2D eigenvalue weighted by Crippen LogP contribution is -2.24. The van der Waals surface area contributed by atoms with Crippen LogP contribution in [0.5, 0.6) is 0 Å². The van der Waals surface area contributed by atoms with E-state index in [9.17, 15) is 9.59 Å². The first kappa shape index (κ1) is 9.32. The molecule has 0 aliphatic rings. The van der Waals surface area contributed by atoms with Gasteiger partial charge in [0.2, 0.25) is 5.91 Å². The van der Waals surface area contributed by atoms with Gasteiger partial charge in [-0.3, -0.25) is 19.0 Å². The lowest BCUT2D eigenvalue weighted by atomic mass is 10.2. The number of carbonyl (C=O) groups excluding carboxylic acids is 1. The van der Waals surface area contributed by atoms with Crippen molar-refractivity contribution in [3.63, 3.8) is 0 Å². The second kappa shape index (κ2) is 3.49. The number of hydrogen-bond acceptors (Lipinski definition) is 4. The Bertz CT molecular complexity index is 576. The van der Waals surface area contributed by atoms with Crippen LogP contribution in [-0.2, 0) is 11.2 Å². The second-order valence-electron chi connectivity index (χ2n) is 3.04. The molecule has 0 bridgehead atoms. The van der Waals surface area contributed by atoms with Gasteiger partial charge in [0.25, 0.3) is 5.56 Å². The number of fused-ring (bicyclic) bond motifs is 1. The van der Waals surface area contributed by atoms with Crippen molar-refractivity contribution in [3.05, 3.63) is 40.7 Å². The van der Waals surface area contributed by atoms with Gasteiger partial charge in [-0.05, 0) is 0 Å². The molecular weight excluding hydrogens is 196 g/mol. The van der Waals surface area contributed by atoms with Gasteiger partial charge >= 0.3 is 0 Å². The highest BCUT2D eigenvalue weighted by atomic mass is 16.1. The average molecular weight is 204 g/mol. The summed E-state index contributed by atoms with van der Waals surface area (Å²) in [5.74, 6) is -0.553. The lowest BCUT2D eigenvalue weighted by molar-refractivity contribution is -0.117. The molecule has 6 nitrogen and oxygen atoms in total. The van der Waals surface area contributed by atoms with E-state index in [4.69, 9.17) is 5.73 Å². The Labute approximate surface area is 84.4 Å². The molecule has 2 aromatic heterocycles. The minimum absolute atomic E-state index is 0.100. The van der Waals surface area contributed by atoms with E-state index < -0.39 is 5.91 Å². The molecule has 15 heavy (non-hydrogen) atoms. The highest BCUT2D eigenvalue weighted by molar-refractivity contribution is 5.76. The highest BCUT2D eigenvalue weighted by Crippen LogP contribution is 1.95. The molecule has 0 aliphatic carbocycles. The first-order valence-corrected chi connectivity index (χ1v) is 4.27. The largest absolute Gasteiger partial charge is 0.369 e. The predicted octanol–water partition coefficient (Wildman–Crippen LogP) is -0.883. The van der Waals surface area contributed by atoms with Crippen LogP contribution in [-0.4, -0.2) is 20.3 Å². The third-order valence-electron chi connectivity index (χ3n) is 1.95. The molecule has 2 heterocycles. The van der Waals surface area contributed by atoms with Gasteiger partial charge in [-0.15, -0.1) is 0 Å². The van der Waals surface area contributed by atoms with Crippen LogP contribution >= 0.6 is 0 Å². The summed E-state index contributed by atoms with van der Waals surface area (Å²) in [4.78, 5) is 30.3. The van der Waals surface area contributed by atoms with Crippen molar-refractivity contribution in [3.8, 4) is 0 Å². The van der Waals surface area contributed by atoms with E-state index >= 15 is 0 Å². The Morgan fingerprint density at radius 1 is 1.47 bits per heavy atom. The Morgan fingerprint density at radius 3 is 3.00 bits per heavy atom. The number of nitrogens with two attached hydrogens (primary N) is 1. The van der Waals surface area contributed by atoms with Crippen molar-refractivity contribution < 1.29 is 4.79 Å². The summed E-state index contributed by atoms with van der Waals surface area (Å²) in [6, 6.07) is 0. The van der Waals surface area contributed by atoms with Crippen LogP contribution in [0.15, 0.2) is 29.6 Å². The zero-order valence-corrected chi connectivity index (χ0v) is 7.75. The number of hydrogen-bond donors (Lipinski definition) is 1. The molecule has 6 heteroatoms. The molecule has 0 aromatic carbocycles. The number of carbonyl (C=O) groups is 1. The van der Waals surface area contributed by atoms with Crippen LogP contribution in [0, 0.1) is 0 Å². The number of rotatable bonds is 2. The van der Waals surface area contributed by atoms with Crippen LogP contribution in [0.3, 0.4) is 0 Å². The second-order valence-corrected chi connectivity index (χ2v) is 3.04. The van der Waals surface area contributed by atoms with Crippen LogP contribution in [0.2, 0.25) is 0 Å². The Balaban J connectivity index is 2.65. The van der Waals surface area contributed by atoms with Crippen LogP contribution < -0.4 is 11.3 Å². The molecule has 0 aliphatic heterocycles. The molecule has 0 radical (unpaired) electrons. The normalized spacial score (nSPS) is 10.4. The van der Waals surface area contributed by atoms with Crippen LogP contribution in [0.1, 0.15) is 5.56 Å². The van der Waals surface area contributed by atoms with Gasteiger partial charge in [0.05, 0.1) is 12.6 Å². The molecule has 76 valence electrons. The predicted molar refractivity (Wildman–Crippen MR) is 52.2 cm³/mol. The topological polar surface area (TPSA) is 90.3 Å². The van der Waals surface area contributed by atoms with Crippen molar-refractivity contribution >= 4 is 11.6 Å². The fourth-order valence-corrected chi connectivity index (χ4v) is 1.28. The van der Waals surface area contributed by atoms with Gasteiger partial charge < -0.3 is 5.73 Å². The van der Waals surface area contributed by atoms with Crippen LogP contribution in [0.25, 0.3) is 5.65 Å². The van der Waals surface area contributed by atoms with E-state index in [-0.39, 0.29) is 17.5 Å². The lowest BCUT2D eigenvalue weighted by Gasteiger charge is -2.00. The molecule has 0 unspecified atom stereocenters. The van der Waals surface area contributed by atoms with E-state index in [1.54, 1.807) is 0 Å². The Kier molecular flexibility index (Phi) is 2.17. The quantitative estimate of drug-likeness (QED) is 0.687. The van der Waals surface area contributed by atoms with E-state index in [2.05, 4.69) is 9.97 Å². The maximum Gasteiger partial charge on any atom is 0.261 e. The third kappa shape index (κ3) is 1.69. The molecule has 2 aromatic rings. The summed E-state index contributed by atoms with van der Waals surface area (Å²) in [6.07, 6.45) is 5.69. The molecule has 0 saturated carbocycles. The summed E-state index contributed by atoms with van der Waals surface area (Å²) in [6.45, 7) is 0. The maximum atomic E-state index is 11.8. The Hall–Kier alpha value is -2.24. The van der Waals surface area contributed by atoms with Crippen molar-refractivity contribution in [1.82, 2.24) is 14.4 Å². The van der Waals surface area contributed by atoms with Crippen molar-refractivity contribution in [1.29, 1.82) is 0 Å². The van der Waals surface area contributed by atoms with Gasteiger partial charge in [0, 0.05) is 24.2 Å². The fraction of sp³-hybridized carbons (Fsp3) is 0.111. The van der Waals surface area contributed by atoms with Gasteiger partial charge in [-0.1, -0.05) is 0 Å². The SMILES string of the molecule is NC(=O)Cc1cnc2cnccn2c1=O. The van der Waals surface area contributed by atoms with E-state index in [1.165, 1.54) is 29.2 Å². The number of aromatic nitrogens is 3. The smallest absolute Gasteiger partial charge is 0.261 e. The molecular formula is C9H8N4O2. The summed E-state index contributed by atoms with van der Waals surface area (Å²) < 4.78 is 1.32. The average Bonchev–Trinajstić information content (AvgIpc) is 2.22. The molecule has 2 rings (SSSR count). The molecule has 1 amide bonds. The Morgan fingerprint density at radius 2 is 2.27 bits per heavy atom. The zero-order chi connectivity index (χ0) is 10.8. The minimum atomic E-state index is -0.553.